The standard InChI is InChI=1S/C32H36F2N4O2/c33-26-11-8-24(29(34)21-26)10-13-31(39)35-22-27-14-19-38(28-12-9-23-6-2-3-7-25(23)20-28)32(40)30(36-27)15-18-37-16-4-1-5-17-37/h2-3,6-13,20-21,27,30,36H,1,4-5,14-19,22H2,(H,35,39)/b13-10+/t27-,30-/m1/s1. The van der Waals surface area contributed by atoms with Gasteiger partial charge in [0.25, 0.3) is 0 Å². The molecule has 0 unspecified atom stereocenters. The first-order valence-corrected chi connectivity index (χ1v) is 14.2. The minimum atomic E-state index is -0.724. The van der Waals surface area contributed by atoms with Crippen LogP contribution in [-0.2, 0) is 9.59 Å². The van der Waals surface area contributed by atoms with Crippen LogP contribution in [0, 0.1) is 11.6 Å². The van der Waals surface area contributed by atoms with Crippen molar-refractivity contribution in [1.82, 2.24) is 15.5 Å². The van der Waals surface area contributed by atoms with Crippen molar-refractivity contribution in [2.24, 2.45) is 0 Å². The molecule has 2 fully saturated rings. The lowest BCUT2D eigenvalue weighted by atomic mass is 10.1. The highest BCUT2D eigenvalue weighted by Crippen LogP contribution is 2.25. The van der Waals surface area contributed by atoms with Gasteiger partial charge in [0.1, 0.15) is 11.6 Å². The molecule has 2 heterocycles. The Morgan fingerprint density at radius 1 is 0.975 bits per heavy atom. The van der Waals surface area contributed by atoms with E-state index in [0.29, 0.717) is 25.9 Å². The zero-order chi connectivity index (χ0) is 27.9. The van der Waals surface area contributed by atoms with E-state index in [-0.39, 0.29) is 29.5 Å². The summed E-state index contributed by atoms with van der Waals surface area (Å²) in [4.78, 5) is 30.6. The van der Waals surface area contributed by atoms with Gasteiger partial charge >= 0.3 is 0 Å². The van der Waals surface area contributed by atoms with Crippen molar-refractivity contribution >= 4 is 34.4 Å². The predicted octanol–water partition coefficient (Wildman–Crippen LogP) is 4.89. The molecule has 0 spiro atoms. The van der Waals surface area contributed by atoms with Crippen LogP contribution in [0.2, 0.25) is 0 Å². The zero-order valence-corrected chi connectivity index (χ0v) is 22.6. The van der Waals surface area contributed by atoms with Crippen LogP contribution in [0.5, 0.6) is 0 Å². The maximum absolute atomic E-state index is 13.9. The van der Waals surface area contributed by atoms with Crippen LogP contribution in [0.1, 0.15) is 37.7 Å². The number of anilines is 1. The highest BCUT2D eigenvalue weighted by molar-refractivity contribution is 5.99. The maximum atomic E-state index is 13.9. The summed E-state index contributed by atoms with van der Waals surface area (Å²) < 4.78 is 27.0. The number of hydrogen-bond donors (Lipinski definition) is 2. The van der Waals surface area contributed by atoms with E-state index in [4.69, 9.17) is 0 Å². The van der Waals surface area contributed by atoms with Crippen LogP contribution in [0.15, 0.2) is 66.7 Å². The number of amides is 2. The molecule has 2 N–H and O–H groups in total. The number of carbonyl (C=O) groups is 2. The average Bonchev–Trinajstić information content (AvgIpc) is 3.13. The average molecular weight is 547 g/mol. The summed E-state index contributed by atoms with van der Waals surface area (Å²) in [6.45, 7) is 3.83. The van der Waals surface area contributed by atoms with Gasteiger partial charge in [-0.15, -0.1) is 0 Å². The van der Waals surface area contributed by atoms with Gasteiger partial charge in [-0.25, -0.2) is 8.78 Å². The number of likely N-dealkylation sites (tertiary alicyclic amines) is 1. The van der Waals surface area contributed by atoms with Crippen molar-refractivity contribution in [2.75, 3.05) is 37.6 Å². The molecule has 210 valence electrons. The minimum absolute atomic E-state index is 0.0489. The van der Waals surface area contributed by atoms with Gasteiger partial charge < -0.3 is 20.4 Å². The number of nitrogens with one attached hydrogen (secondary N) is 2. The summed E-state index contributed by atoms with van der Waals surface area (Å²) in [6, 6.07) is 17.0. The Kier molecular flexibility index (Phi) is 9.19. The minimum Gasteiger partial charge on any atom is -0.351 e. The van der Waals surface area contributed by atoms with Gasteiger partial charge in [0, 0.05) is 49.1 Å². The maximum Gasteiger partial charge on any atom is 0.244 e. The molecule has 3 aromatic rings. The van der Waals surface area contributed by atoms with E-state index in [0.717, 1.165) is 48.2 Å². The van der Waals surface area contributed by atoms with Gasteiger partial charge in [-0.05, 0) is 79.9 Å². The lowest BCUT2D eigenvalue weighted by Crippen LogP contribution is -2.50. The van der Waals surface area contributed by atoms with Crippen molar-refractivity contribution in [3.8, 4) is 0 Å². The van der Waals surface area contributed by atoms with Gasteiger partial charge in [0.2, 0.25) is 11.8 Å². The van der Waals surface area contributed by atoms with Gasteiger partial charge in [-0.1, -0.05) is 36.8 Å². The molecule has 2 aliphatic rings. The Hall–Kier alpha value is -3.62. The second-order valence-electron chi connectivity index (χ2n) is 10.7. The first-order valence-electron chi connectivity index (χ1n) is 14.2. The zero-order valence-electron chi connectivity index (χ0n) is 22.6. The molecule has 0 aromatic heterocycles. The van der Waals surface area contributed by atoms with E-state index in [1.54, 1.807) is 0 Å². The topological polar surface area (TPSA) is 64.7 Å². The Labute approximate surface area is 234 Å². The molecule has 3 aromatic carbocycles. The first kappa shape index (κ1) is 27.9. The van der Waals surface area contributed by atoms with E-state index in [1.807, 2.05) is 29.2 Å². The van der Waals surface area contributed by atoms with E-state index < -0.39 is 11.6 Å². The molecule has 40 heavy (non-hydrogen) atoms. The lowest BCUT2D eigenvalue weighted by Gasteiger charge is -2.30. The van der Waals surface area contributed by atoms with E-state index in [2.05, 4.69) is 33.7 Å². The van der Waals surface area contributed by atoms with Crippen LogP contribution in [0.3, 0.4) is 0 Å². The van der Waals surface area contributed by atoms with Crippen LogP contribution >= 0.6 is 0 Å². The molecule has 0 bridgehead atoms. The monoisotopic (exact) mass is 546 g/mol. The predicted molar refractivity (Wildman–Crippen MR) is 155 cm³/mol. The third-order valence-corrected chi connectivity index (χ3v) is 7.83. The number of rotatable bonds is 8. The largest absolute Gasteiger partial charge is 0.351 e. The Bertz CT molecular complexity index is 1370. The summed E-state index contributed by atoms with van der Waals surface area (Å²) in [6.07, 6.45) is 7.58. The van der Waals surface area contributed by atoms with Crippen LogP contribution in [0.25, 0.3) is 16.8 Å². The molecule has 0 radical (unpaired) electrons. The van der Waals surface area contributed by atoms with Crippen LogP contribution in [-0.4, -0.2) is 61.5 Å². The van der Waals surface area contributed by atoms with Gasteiger partial charge in [0.15, 0.2) is 0 Å². The molecule has 2 amide bonds. The quantitative estimate of drug-likeness (QED) is 0.395. The summed E-state index contributed by atoms with van der Waals surface area (Å²) in [5.41, 5.74) is 1.01. The molecular weight excluding hydrogens is 510 g/mol. The third-order valence-electron chi connectivity index (χ3n) is 7.83. The molecule has 8 heteroatoms. The van der Waals surface area contributed by atoms with E-state index in [9.17, 15) is 18.4 Å². The number of fused-ring (bicyclic) bond motifs is 1. The number of carbonyl (C=O) groups excluding carboxylic acids is 2. The van der Waals surface area contributed by atoms with E-state index >= 15 is 0 Å². The highest BCUT2D eigenvalue weighted by atomic mass is 19.1. The molecule has 2 saturated heterocycles. The first-order chi connectivity index (χ1) is 19.5. The molecule has 5 rings (SSSR count). The van der Waals surface area contributed by atoms with Crippen molar-refractivity contribution < 1.29 is 18.4 Å². The van der Waals surface area contributed by atoms with Crippen LogP contribution in [0.4, 0.5) is 14.5 Å². The number of nitrogens with zero attached hydrogens (tertiary/aromatic N) is 2. The summed E-state index contributed by atoms with van der Waals surface area (Å²) in [5.74, 6) is -1.72. The molecular formula is C32H36F2N4O2. The van der Waals surface area contributed by atoms with Crippen LogP contribution < -0.4 is 15.5 Å². The molecule has 0 saturated carbocycles. The second kappa shape index (κ2) is 13.2. The fourth-order valence-electron chi connectivity index (χ4n) is 5.57. The van der Waals surface area contributed by atoms with Crippen molar-refractivity contribution in [3.63, 3.8) is 0 Å². The molecule has 0 aliphatic carbocycles. The van der Waals surface area contributed by atoms with Crippen molar-refractivity contribution in [1.29, 1.82) is 0 Å². The second-order valence-corrected chi connectivity index (χ2v) is 10.7. The molecule has 2 aliphatic heterocycles. The Morgan fingerprint density at radius 2 is 1.77 bits per heavy atom. The smallest absolute Gasteiger partial charge is 0.244 e. The number of benzene rings is 3. The fourth-order valence-corrected chi connectivity index (χ4v) is 5.57. The van der Waals surface area contributed by atoms with Crippen molar-refractivity contribution in [3.05, 3.63) is 83.9 Å². The van der Waals surface area contributed by atoms with Gasteiger partial charge in [0.05, 0.1) is 6.04 Å². The number of piperidine rings is 1. The number of hydrogen-bond acceptors (Lipinski definition) is 4. The normalized spacial score (nSPS) is 20.6. The van der Waals surface area contributed by atoms with Gasteiger partial charge in [-0.3, -0.25) is 9.59 Å². The summed E-state index contributed by atoms with van der Waals surface area (Å²) >= 11 is 0. The van der Waals surface area contributed by atoms with Gasteiger partial charge in [-0.2, -0.15) is 0 Å². The molecule has 6 nitrogen and oxygen atoms in total. The van der Waals surface area contributed by atoms with E-state index in [1.165, 1.54) is 37.5 Å². The SMILES string of the molecule is O=C(/C=C/c1ccc(F)cc1F)NC[C@H]1CCN(c2ccc3ccccc3c2)C(=O)[C@@H](CCN2CCCCC2)N1. The number of halogens is 2. The lowest BCUT2D eigenvalue weighted by molar-refractivity contribution is -0.120. The third kappa shape index (κ3) is 7.11. The summed E-state index contributed by atoms with van der Waals surface area (Å²) in [5, 5.41) is 8.62. The Balaban J connectivity index is 1.27. The van der Waals surface area contributed by atoms with Crippen molar-refractivity contribution in [2.45, 2.75) is 44.2 Å². The highest BCUT2D eigenvalue weighted by Gasteiger charge is 2.32. The summed E-state index contributed by atoms with van der Waals surface area (Å²) in [7, 11) is 0. The Morgan fingerprint density at radius 3 is 2.58 bits per heavy atom. The fraction of sp³-hybridized carbons (Fsp3) is 0.375. The molecule has 2 atom stereocenters.